The van der Waals surface area contributed by atoms with E-state index in [1.807, 2.05) is 13.0 Å². The van der Waals surface area contributed by atoms with Crippen LogP contribution in [0.2, 0.25) is 0 Å². The summed E-state index contributed by atoms with van der Waals surface area (Å²) < 4.78 is 3.03. The monoisotopic (exact) mass is 233 g/mol. The molecule has 3 rings (SSSR count). The molecule has 0 spiro atoms. The molecule has 84 valence electrons. The average Bonchev–Trinajstić information content (AvgIpc) is 2.83. The molecule has 0 bridgehead atoms. The van der Waals surface area contributed by atoms with E-state index in [0.29, 0.717) is 6.04 Å². The van der Waals surface area contributed by atoms with Crippen molar-refractivity contribution in [1.82, 2.24) is 14.5 Å². The number of aromatic nitrogens is 3. The second-order valence-electron chi connectivity index (χ2n) is 4.56. The summed E-state index contributed by atoms with van der Waals surface area (Å²) in [6.45, 7) is 2.02. The van der Waals surface area contributed by atoms with Gasteiger partial charge in [0.2, 0.25) is 0 Å². The summed E-state index contributed by atoms with van der Waals surface area (Å²) in [7, 11) is 0. The Bertz CT molecular complexity index is 575. The van der Waals surface area contributed by atoms with E-state index in [1.165, 1.54) is 25.7 Å². The lowest BCUT2D eigenvalue weighted by Crippen LogP contribution is -2.05. The molecule has 16 heavy (non-hydrogen) atoms. The standard InChI is InChI=1S/C12H15N3S/c1-8-6-7-10-11(13-8)15(12(16)14-10)9-4-2-3-5-9/h6-7,9H,2-5H2,1H3,(H,14,16). The van der Waals surface area contributed by atoms with Gasteiger partial charge in [-0.05, 0) is 44.1 Å². The molecule has 0 unspecified atom stereocenters. The van der Waals surface area contributed by atoms with E-state index in [-0.39, 0.29) is 0 Å². The number of H-pyrrole nitrogens is 1. The predicted molar refractivity (Wildman–Crippen MR) is 67.2 cm³/mol. The fourth-order valence-corrected chi connectivity index (χ4v) is 2.94. The van der Waals surface area contributed by atoms with E-state index < -0.39 is 0 Å². The summed E-state index contributed by atoms with van der Waals surface area (Å²) in [5, 5.41) is 0. The van der Waals surface area contributed by atoms with Gasteiger partial charge >= 0.3 is 0 Å². The molecule has 2 aromatic heterocycles. The van der Waals surface area contributed by atoms with E-state index in [0.717, 1.165) is 21.6 Å². The van der Waals surface area contributed by atoms with E-state index in [1.54, 1.807) is 0 Å². The molecule has 0 radical (unpaired) electrons. The maximum atomic E-state index is 5.40. The number of rotatable bonds is 1. The Morgan fingerprint density at radius 1 is 1.38 bits per heavy atom. The Labute approximate surface area is 99.5 Å². The van der Waals surface area contributed by atoms with Crippen LogP contribution in [-0.2, 0) is 0 Å². The van der Waals surface area contributed by atoms with Crippen LogP contribution < -0.4 is 0 Å². The van der Waals surface area contributed by atoms with Crippen LogP contribution in [0.5, 0.6) is 0 Å². The van der Waals surface area contributed by atoms with Crippen molar-refractivity contribution < 1.29 is 0 Å². The molecule has 4 heteroatoms. The normalized spacial score (nSPS) is 17.3. The Balaban J connectivity index is 2.25. The van der Waals surface area contributed by atoms with Crippen molar-refractivity contribution in [2.24, 2.45) is 0 Å². The number of nitrogens with one attached hydrogen (secondary N) is 1. The first kappa shape index (κ1) is 10.0. The summed E-state index contributed by atoms with van der Waals surface area (Å²) in [5.41, 5.74) is 3.13. The summed E-state index contributed by atoms with van der Waals surface area (Å²) in [6, 6.07) is 4.64. The maximum Gasteiger partial charge on any atom is 0.179 e. The second kappa shape index (κ2) is 3.70. The first-order chi connectivity index (χ1) is 7.75. The van der Waals surface area contributed by atoms with Crippen LogP contribution in [0.25, 0.3) is 11.2 Å². The third-order valence-electron chi connectivity index (χ3n) is 3.39. The minimum atomic E-state index is 0.551. The molecule has 0 aromatic carbocycles. The van der Waals surface area contributed by atoms with Crippen molar-refractivity contribution in [2.75, 3.05) is 0 Å². The van der Waals surface area contributed by atoms with Gasteiger partial charge in [0.1, 0.15) is 0 Å². The van der Waals surface area contributed by atoms with Crippen molar-refractivity contribution in [3.63, 3.8) is 0 Å². The maximum absolute atomic E-state index is 5.40. The van der Waals surface area contributed by atoms with Gasteiger partial charge in [-0.3, -0.25) is 4.57 Å². The zero-order valence-electron chi connectivity index (χ0n) is 9.36. The summed E-state index contributed by atoms with van der Waals surface area (Å²) in [6.07, 6.45) is 5.09. The Morgan fingerprint density at radius 3 is 2.88 bits per heavy atom. The lowest BCUT2D eigenvalue weighted by Gasteiger charge is -2.11. The lowest BCUT2D eigenvalue weighted by atomic mass is 10.2. The number of hydrogen-bond donors (Lipinski definition) is 1. The highest BCUT2D eigenvalue weighted by Crippen LogP contribution is 2.32. The van der Waals surface area contributed by atoms with Crippen LogP contribution in [0, 0.1) is 11.7 Å². The van der Waals surface area contributed by atoms with Crippen molar-refractivity contribution in [3.8, 4) is 0 Å². The number of aryl methyl sites for hydroxylation is 1. The molecule has 2 heterocycles. The third-order valence-corrected chi connectivity index (χ3v) is 3.69. The van der Waals surface area contributed by atoms with Crippen molar-refractivity contribution in [2.45, 2.75) is 38.6 Å². The second-order valence-corrected chi connectivity index (χ2v) is 4.95. The molecule has 2 aromatic rings. The molecule has 1 aliphatic carbocycles. The third kappa shape index (κ3) is 1.48. The molecule has 1 aliphatic rings. The van der Waals surface area contributed by atoms with E-state index in [4.69, 9.17) is 12.2 Å². The summed E-state index contributed by atoms with van der Waals surface area (Å²) in [5.74, 6) is 0. The summed E-state index contributed by atoms with van der Waals surface area (Å²) >= 11 is 5.40. The molecule has 0 atom stereocenters. The summed E-state index contributed by atoms with van der Waals surface area (Å²) in [4.78, 5) is 7.85. The first-order valence-corrected chi connectivity index (χ1v) is 6.24. The van der Waals surface area contributed by atoms with Gasteiger partial charge in [-0.15, -0.1) is 0 Å². The van der Waals surface area contributed by atoms with E-state index in [9.17, 15) is 0 Å². The highest BCUT2D eigenvalue weighted by Gasteiger charge is 2.20. The smallest absolute Gasteiger partial charge is 0.179 e. The molecule has 0 aliphatic heterocycles. The van der Waals surface area contributed by atoms with Gasteiger partial charge in [-0.2, -0.15) is 0 Å². The number of pyridine rings is 1. The molecular formula is C12H15N3S. The number of nitrogens with zero attached hydrogens (tertiary/aromatic N) is 2. The van der Waals surface area contributed by atoms with Gasteiger partial charge in [0.15, 0.2) is 10.4 Å². The van der Waals surface area contributed by atoms with Crippen molar-refractivity contribution in [3.05, 3.63) is 22.6 Å². The van der Waals surface area contributed by atoms with E-state index >= 15 is 0 Å². The van der Waals surface area contributed by atoms with Gasteiger partial charge in [0.25, 0.3) is 0 Å². The Hall–Kier alpha value is -1.16. The zero-order chi connectivity index (χ0) is 11.1. The van der Waals surface area contributed by atoms with Gasteiger partial charge in [0.05, 0.1) is 5.52 Å². The molecule has 3 nitrogen and oxygen atoms in total. The van der Waals surface area contributed by atoms with Gasteiger partial charge < -0.3 is 4.98 Å². The minimum Gasteiger partial charge on any atom is -0.329 e. The van der Waals surface area contributed by atoms with Crippen LogP contribution >= 0.6 is 12.2 Å². The molecule has 0 amide bonds. The van der Waals surface area contributed by atoms with Crippen LogP contribution in [0.15, 0.2) is 12.1 Å². The number of imidazole rings is 1. The van der Waals surface area contributed by atoms with Gasteiger partial charge in [0, 0.05) is 11.7 Å². The van der Waals surface area contributed by atoms with Crippen LogP contribution in [0.3, 0.4) is 0 Å². The zero-order valence-corrected chi connectivity index (χ0v) is 10.2. The number of hydrogen-bond acceptors (Lipinski definition) is 2. The van der Waals surface area contributed by atoms with Gasteiger partial charge in [-0.1, -0.05) is 12.8 Å². The van der Waals surface area contributed by atoms with Crippen molar-refractivity contribution in [1.29, 1.82) is 0 Å². The minimum absolute atomic E-state index is 0.551. The van der Waals surface area contributed by atoms with Gasteiger partial charge in [-0.25, -0.2) is 4.98 Å². The fourth-order valence-electron chi connectivity index (χ4n) is 2.60. The van der Waals surface area contributed by atoms with Crippen LogP contribution in [0.4, 0.5) is 0 Å². The Morgan fingerprint density at radius 2 is 2.12 bits per heavy atom. The SMILES string of the molecule is Cc1ccc2[nH]c(=S)n(C3CCCC3)c2n1. The van der Waals surface area contributed by atoms with E-state index in [2.05, 4.69) is 20.6 Å². The van der Waals surface area contributed by atoms with Crippen LogP contribution in [-0.4, -0.2) is 14.5 Å². The van der Waals surface area contributed by atoms with Crippen LogP contribution in [0.1, 0.15) is 37.4 Å². The highest BCUT2D eigenvalue weighted by atomic mass is 32.1. The highest BCUT2D eigenvalue weighted by molar-refractivity contribution is 7.71. The predicted octanol–water partition coefficient (Wildman–Crippen LogP) is 3.52. The average molecular weight is 233 g/mol. The van der Waals surface area contributed by atoms with Crippen molar-refractivity contribution >= 4 is 23.4 Å². The number of aromatic amines is 1. The Kier molecular flexibility index (Phi) is 2.32. The molecule has 1 fully saturated rings. The number of fused-ring (bicyclic) bond motifs is 1. The molecule has 0 saturated heterocycles. The molecule has 1 N–H and O–H groups in total. The lowest BCUT2D eigenvalue weighted by molar-refractivity contribution is 0.523. The molecular weight excluding hydrogens is 218 g/mol. The quantitative estimate of drug-likeness (QED) is 0.765. The first-order valence-electron chi connectivity index (χ1n) is 5.83. The topological polar surface area (TPSA) is 33.6 Å². The fraction of sp³-hybridized carbons (Fsp3) is 0.500. The largest absolute Gasteiger partial charge is 0.329 e. The molecule has 1 saturated carbocycles.